The Kier molecular flexibility index (Phi) is 7.36. The number of nitrogens with zero attached hydrogens (tertiary/aromatic N) is 4. The van der Waals surface area contributed by atoms with Crippen LogP contribution in [0.15, 0.2) is 35.4 Å². The number of aromatic nitrogens is 2. The van der Waals surface area contributed by atoms with Gasteiger partial charge in [-0.1, -0.05) is 13.3 Å². The molecular weight excluding hydrogens is 402 g/mol. The van der Waals surface area contributed by atoms with Crippen LogP contribution in [0.25, 0.3) is 0 Å². The summed E-state index contributed by atoms with van der Waals surface area (Å²) in [7, 11) is -0.103. The molecule has 1 N–H and O–H groups in total. The van der Waals surface area contributed by atoms with Crippen molar-refractivity contribution in [3.8, 4) is 5.75 Å². The van der Waals surface area contributed by atoms with E-state index >= 15 is 0 Å². The third-order valence-electron chi connectivity index (χ3n) is 4.96. The van der Waals surface area contributed by atoms with Crippen LogP contribution in [0.5, 0.6) is 5.75 Å². The van der Waals surface area contributed by atoms with Gasteiger partial charge < -0.3 is 14.5 Å². The first kappa shape index (κ1) is 22.1. The summed E-state index contributed by atoms with van der Waals surface area (Å²) in [5.74, 6) is 1.83. The Labute approximate surface area is 179 Å². The maximum Gasteiger partial charge on any atom is 0.262 e. The number of nitrogens with one attached hydrogen (secondary N) is 1. The monoisotopic (exact) mass is 433 g/mol. The van der Waals surface area contributed by atoms with Crippen LogP contribution in [0.4, 0.5) is 17.5 Å². The lowest BCUT2D eigenvalue weighted by Crippen LogP contribution is -2.31. The molecule has 0 spiro atoms. The summed E-state index contributed by atoms with van der Waals surface area (Å²) in [4.78, 5) is 13.1. The quantitative estimate of drug-likeness (QED) is 0.606. The molecule has 0 atom stereocenters. The number of benzene rings is 1. The summed E-state index contributed by atoms with van der Waals surface area (Å²) >= 11 is 0. The highest BCUT2D eigenvalue weighted by molar-refractivity contribution is 7.92. The van der Waals surface area contributed by atoms with E-state index in [-0.39, 0.29) is 4.90 Å². The van der Waals surface area contributed by atoms with Gasteiger partial charge in [0.25, 0.3) is 10.0 Å². The van der Waals surface area contributed by atoms with Gasteiger partial charge in [0.05, 0.1) is 17.7 Å². The van der Waals surface area contributed by atoms with E-state index in [0.29, 0.717) is 29.8 Å². The van der Waals surface area contributed by atoms with Crippen molar-refractivity contribution in [1.29, 1.82) is 0 Å². The number of rotatable bonds is 9. The maximum absolute atomic E-state index is 12.9. The van der Waals surface area contributed by atoms with Crippen LogP contribution < -0.4 is 19.3 Å². The molecule has 1 aromatic heterocycles. The number of hydrogen-bond acceptors (Lipinski definition) is 7. The minimum atomic E-state index is -3.77. The lowest BCUT2D eigenvalue weighted by atomic mass is 10.1. The summed E-state index contributed by atoms with van der Waals surface area (Å²) in [6.45, 7) is 4.55. The van der Waals surface area contributed by atoms with E-state index in [9.17, 15) is 8.42 Å². The van der Waals surface area contributed by atoms with Crippen molar-refractivity contribution in [3.63, 3.8) is 0 Å². The smallest absolute Gasteiger partial charge is 0.262 e. The predicted molar refractivity (Wildman–Crippen MR) is 120 cm³/mol. The maximum atomic E-state index is 12.9. The first-order chi connectivity index (χ1) is 14.4. The number of ether oxygens (including phenoxy) is 1. The molecule has 0 amide bonds. The fraction of sp³-hybridized carbons (Fsp3) is 0.524. The fourth-order valence-electron chi connectivity index (χ4n) is 3.28. The van der Waals surface area contributed by atoms with Gasteiger partial charge in [-0.2, -0.15) is 4.98 Å². The van der Waals surface area contributed by atoms with Crippen LogP contribution in [0, 0.1) is 0 Å². The molecule has 2 heterocycles. The molecule has 0 saturated carbocycles. The van der Waals surface area contributed by atoms with Crippen molar-refractivity contribution in [3.05, 3.63) is 30.5 Å². The molecule has 1 fully saturated rings. The van der Waals surface area contributed by atoms with Gasteiger partial charge in [0, 0.05) is 27.2 Å². The third-order valence-corrected chi connectivity index (χ3v) is 6.34. The lowest BCUT2D eigenvalue weighted by molar-refractivity contribution is 0.309. The Bertz CT molecular complexity index is 926. The molecular formula is C21H31N5O3S. The summed E-state index contributed by atoms with van der Waals surface area (Å²) in [5.41, 5.74) is 0.351. The van der Waals surface area contributed by atoms with Crippen LogP contribution >= 0.6 is 0 Å². The van der Waals surface area contributed by atoms with Crippen LogP contribution in [-0.4, -0.2) is 52.2 Å². The number of sulfonamides is 1. The van der Waals surface area contributed by atoms with E-state index < -0.39 is 10.0 Å². The predicted octanol–water partition coefficient (Wildman–Crippen LogP) is 3.51. The van der Waals surface area contributed by atoms with E-state index in [1.54, 1.807) is 35.4 Å². The summed E-state index contributed by atoms with van der Waals surface area (Å²) in [6.07, 6.45) is 7.01. The van der Waals surface area contributed by atoms with Gasteiger partial charge in [0.1, 0.15) is 11.4 Å². The molecule has 0 bridgehead atoms. The number of anilines is 3. The molecule has 3 rings (SSSR count). The largest absolute Gasteiger partial charge is 0.494 e. The lowest BCUT2D eigenvalue weighted by Gasteiger charge is -2.28. The van der Waals surface area contributed by atoms with E-state index in [1.165, 1.54) is 6.42 Å². The van der Waals surface area contributed by atoms with Gasteiger partial charge in [0.15, 0.2) is 5.82 Å². The zero-order chi connectivity index (χ0) is 21.6. The van der Waals surface area contributed by atoms with Gasteiger partial charge >= 0.3 is 0 Å². The van der Waals surface area contributed by atoms with Gasteiger partial charge in [-0.25, -0.2) is 13.4 Å². The van der Waals surface area contributed by atoms with Crippen LogP contribution in [0.2, 0.25) is 0 Å². The van der Waals surface area contributed by atoms with Crippen molar-refractivity contribution in [2.24, 2.45) is 0 Å². The van der Waals surface area contributed by atoms with Crippen LogP contribution in [0.1, 0.15) is 39.0 Å². The molecule has 1 aliphatic heterocycles. The minimum absolute atomic E-state index is 0.162. The second kappa shape index (κ2) is 9.97. The molecule has 8 nitrogen and oxygen atoms in total. The first-order valence-electron chi connectivity index (χ1n) is 10.5. The Hall–Kier alpha value is -2.55. The number of unbranched alkanes of at least 4 members (excludes halogenated alkanes) is 1. The standard InChI is InChI=1S/C21H31N5O3S/c1-4-5-15-29-17-9-11-18(12-10-17)30(27,28)24-19-16-22-21(23-20(19)25(2)3)26-13-7-6-8-14-26/h9-12,16,24H,4-8,13-15H2,1-3H3. The van der Waals surface area contributed by atoms with E-state index in [1.807, 2.05) is 14.1 Å². The van der Waals surface area contributed by atoms with E-state index in [4.69, 9.17) is 4.74 Å². The fourth-order valence-corrected chi connectivity index (χ4v) is 4.32. The molecule has 1 aromatic carbocycles. The Morgan fingerprint density at radius 2 is 1.83 bits per heavy atom. The van der Waals surface area contributed by atoms with Crippen molar-refractivity contribution in [2.75, 3.05) is 48.3 Å². The van der Waals surface area contributed by atoms with Crippen LogP contribution in [-0.2, 0) is 10.0 Å². The highest BCUT2D eigenvalue weighted by Gasteiger charge is 2.21. The summed E-state index contributed by atoms with van der Waals surface area (Å²) in [6, 6.07) is 6.43. The molecule has 0 radical (unpaired) electrons. The molecule has 0 unspecified atom stereocenters. The number of piperidine rings is 1. The Morgan fingerprint density at radius 1 is 1.13 bits per heavy atom. The van der Waals surface area contributed by atoms with Gasteiger partial charge in [-0.3, -0.25) is 4.72 Å². The van der Waals surface area contributed by atoms with Gasteiger partial charge in [-0.15, -0.1) is 0 Å². The molecule has 0 aliphatic carbocycles. The zero-order valence-electron chi connectivity index (χ0n) is 18.0. The van der Waals surface area contributed by atoms with Crippen LogP contribution in [0.3, 0.4) is 0 Å². The van der Waals surface area contributed by atoms with E-state index in [2.05, 4.69) is 26.5 Å². The van der Waals surface area contributed by atoms with Crippen molar-refractivity contribution in [2.45, 2.75) is 43.9 Å². The second-order valence-electron chi connectivity index (χ2n) is 7.63. The molecule has 1 aliphatic rings. The van der Waals surface area contributed by atoms with Gasteiger partial charge in [-0.05, 0) is 49.9 Å². The topological polar surface area (TPSA) is 87.7 Å². The normalized spacial score (nSPS) is 14.4. The number of hydrogen-bond donors (Lipinski definition) is 1. The zero-order valence-corrected chi connectivity index (χ0v) is 18.8. The molecule has 30 heavy (non-hydrogen) atoms. The summed E-state index contributed by atoms with van der Waals surface area (Å²) in [5, 5.41) is 0. The second-order valence-corrected chi connectivity index (χ2v) is 9.31. The minimum Gasteiger partial charge on any atom is -0.494 e. The molecule has 164 valence electrons. The highest BCUT2D eigenvalue weighted by atomic mass is 32.2. The third kappa shape index (κ3) is 5.53. The SMILES string of the molecule is CCCCOc1ccc(S(=O)(=O)Nc2cnc(N3CCCCC3)nc2N(C)C)cc1. The van der Waals surface area contributed by atoms with Crippen molar-refractivity contribution in [1.82, 2.24) is 9.97 Å². The summed E-state index contributed by atoms with van der Waals surface area (Å²) < 4.78 is 34.0. The average Bonchev–Trinajstić information content (AvgIpc) is 2.75. The molecule has 9 heteroatoms. The molecule has 1 saturated heterocycles. The van der Waals surface area contributed by atoms with Crippen molar-refractivity contribution >= 4 is 27.5 Å². The van der Waals surface area contributed by atoms with E-state index in [0.717, 1.165) is 38.8 Å². The average molecular weight is 434 g/mol. The Morgan fingerprint density at radius 3 is 2.47 bits per heavy atom. The Balaban J connectivity index is 1.78. The highest BCUT2D eigenvalue weighted by Crippen LogP contribution is 2.28. The first-order valence-corrected chi connectivity index (χ1v) is 11.9. The van der Waals surface area contributed by atoms with Crippen molar-refractivity contribution < 1.29 is 13.2 Å². The van der Waals surface area contributed by atoms with Gasteiger partial charge in [0.2, 0.25) is 5.95 Å². The molecule has 2 aromatic rings.